The molecule has 5 aromatic rings. The van der Waals surface area contributed by atoms with E-state index in [1.807, 2.05) is 38.1 Å². The molecule has 11 heteroatoms. The van der Waals surface area contributed by atoms with Crippen LogP contribution in [0.3, 0.4) is 0 Å². The van der Waals surface area contributed by atoms with E-state index in [4.69, 9.17) is 26.5 Å². The third-order valence-corrected chi connectivity index (χ3v) is 7.64. The van der Waals surface area contributed by atoms with Crippen LogP contribution in [0.1, 0.15) is 37.4 Å². The number of fused-ring (bicyclic) bond motifs is 1. The van der Waals surface area contributed by atoms with E-state index in [1.165, 1.54) is 24.3 Å². The molecule has 5 rings (SSSR count). The number of rotatable bonds is 12. The molecule has 0 aliphatic carbocycles. The van der Waals surface area contributed by atoms with Crippen LogP contribution in [0.2, 0.25) is 0 Å². The number of aromatic nitrogens is 3. The fraction of sp³-hybridized carbons (Fsp3) is 0.242. The van der Waals surface area contributed by atoms with Crippen molar-refractivity contribution in [2.45, 2.75) is 32.9 Å². The molecule has 0 aliphatic rings. The largest absolute Gasteiger partial charge is 0.454 e. The normalized spacial score (nSPS) is 12.1. The van der Waals surface area contributed by atoms with E-state index < -0.39 is 11.6 Å². The lowest BCUT2D eigenvalue weighted by atomic mass is 9.96. The minimum Gasteiger partial charge on any atom is -0.454 e. The van der Waals surface area contributed by atoms with Crippen molar-refractivity contribution in [2.24, 2.45) is 10.5 Å². The molecule has 2 aromatic heterocycles. The van der Waals surface area contributed by atoms with E-state index in [2.05, 4.69) is 36.9 Å². The second-order valence-corrected chi connectivity index (χ2v) is 11.8. The van der Waals surface area contributed by atoms with Crippen LogP contribution in [0.15, 0.2) is 82.6 Å². The van der Waals surface area contributed by atoms with E-state index in [0.29, 0.717) is 41.8 Å². The number of nitrogens with zero attached hydrogens (tertiary/aromatic N) is 5. The second kappa shape index (κ2) is 13.3. The highest BCUT2D eigenvalue weighted by molar-refractivity contribution is 9.10. The Balaban J connectivity index is 1.44. The first-order valence-electron chi connectivity index (χ1n) is 13.8. The number of aromatic amines is 1. The fourth-order valence-corrected chi connectivity index (χ4v) is 5.28. The van der Waals surface area contributed by atoms with Gasteiger partial charge in [0.1, 0.15) is 11.6 Å². The summed E-state index contributed by atoms with van der Waals surface area (Å²) in [5, 5.41) is 9.00. The van der Waals surface area contributed by atoms with E-state index in [1.54, 1.807) is 29.2 Å². The van der Waals surface area contributed by atoms with Gasteiger partial charge in [0.25, 0.3) is 0 Å². The Kier molecular flexibility index (Phi) is 9.35. The maximum absolute atomic E-state index is 15.2. The molecule has 0 amide bonds. The average molecular weight is 660 g/mol. The lowest BCUT2D eigenvalue weighted by molar-refractivity contribution is 0.0798. The zero-order valence-corrected chi connectivity index (χ0v) is 25.7. The van der Waals surface area contributed by atoms with Crippen LogP contribution >= 0.6 is 15.9 Å². The summed E-state index contributed by atoms with van der Waals surface area (Å²) >= 11 is 3.54. The smallest absolute Gasteiger partial charge is 0.168 e. The zero-order valence-electron chi connectivity index (χ0n) is 24.1. The van der Waals surface area contributed by atoms with Crippen LogP contribution in [0.4, 0.5) is 8.78 Å². The standard InChI is InChI=1S/C33H29BrF2N6O2/c1-4-33(2,3)20-43-15-12-31(21-6-5-7-22(34)16-21)42-14-11-29(40-42)25-17-23(8-9-27(25)35)44-32-26(19-39-41-37)24-10-13-38-30(24)18-28(32)36/h1,5-11,13-14,16-18,31,38H,12,15,19-20H2,2-3H3. The summed E-state index contributed by atoms with van der Waals surface area (Å²) in [6, 6.07) is 16.6. The first-order valence-corrected chi connectivity index (χ1v) is 14.6. The molecule has 2 heterocycles. The number of H-pyrrole nitrogens is 1. The van der Waals surface area contributed by atoms with Gasteiger partial charge in [-0.2, -0.15) is 5.10 Å². The molecular weight excluding hydrogens is 630 g/mol. The number of hydrogen-bond donors (Lipinski definition) is 1. The van der Waals surface area contributed by atoms with Crippen LogP contribution in [-0.2, 0) is 11.3 Å². The highest BCUT2D eigenvalue weighted by Gasteiger charge is 2.21. The predicted molar refractivity (Wildman–Crippen MR) is 169 cm³/mol. The Labute approximate surface area is 261 Å². The minimum atomic E-state index is -0.650. The van der Waals surface area contributed by atoms with Gasteiger partial charge in [0.05, 0.1) is 24.9 Å². The molecule has 0 fully saturated rings. The fourth-order valence-electron chi connectivity index (χ4n) is 4.86. The summed E-state index contributed by atoms with van der Waals surface area (Å²) in [4.78, 5) is 5.75. The maximum Gasteiger partial charge on any atom is 0.168 e. The van der Waals surface area contributed by atoms with Crippen molar-refractivity contribution in [3.63, 3.8) is 0 Å². The second-order valence-electron chi connectivity index (χ2n) is 10.9. The number of terminal acetylenes is 1. The highest BCUT2D eigenvalue weighted by Crippen LogP contribution is 2.37. The van der Waals surface area contributed by atoms with Crippen LogP contribution < -0.4 is 4.74 Å². The van der Waals surface area contributed by atoms with E-state index in [-0.39, 0.29) is 35.1 Å². The highest BCUT2D eigenvalue weighted by atomic mass is 79.9. The average Bonchev–Trinajstić information content (AvgIpc) is 3.68. The number of halogens is 3. The molecule has 44 heavy (non-hydrogen) atoms. The van der Waals surface area contributed by atoms with Crippen LogP contribution in [0, 0.1) is 29.4 Å². The van der Waals surface area contributed by atoms with E-state index in [9.17, 15) is 0 Å². The number of azide groups is 1. The van der Waals surface area contributed by atoms with Crippen molar-refractivity contribution in [3.8, 4) is 35.1 Å². The van der Waals surface area contributed by atoms with Crippen LogP contribution in [-0.4, -0.2) is 28.0 Å². The quantitative estimate of drug-likeness (QED) is 0.0475. The molecule has 0 aliphatic heterocycles. The molecule has 0 bridgehead atoms. The van der Waals surface area contributed by atoms with Crippen molar-refractivity contribution in [1.29, 1.82) is 0 Å². The Morgan fingerprint density at radius 2 is 2.00 bits per heavy atom. The number of nitrogens with one attached hydrogen (secondary N) is 1. The lowest BCUT2D eigenvalue weighted by Crippen LogP contribution is -2.19. The molecule has 0 saturated heterocycles. The third kappa shape index (κ3) is 6.95. The molecule has 1 unspecified atom stereocenters. The Morgan fingerprint density at radius 1 is 1.16 bits per heavy atom. The van der Waals surface area contributed by atoms with Crippen LogP contribution in [0.5, 0.6) is 11.5 Å². The van der Waals surface area contributed by atoms with Crippen LogP contribution in [0.25, 0.3) is 32.6 Å². The minimum absolute atomic E-state index is 0.102. The summed E-state index contributed by atoms with van der Waals surface area (Å²) in [6.45, 7) is 4.61. The monoisotopic (exact) mass is 658 g/mol. The molecule has 8 nitrogen and oxygen atoms in total. The SMILES string of the molecule is C#CC(C)(C)COCCC(c1cccc(Br)c1)n1ccc(-c2cc(Oc3c(F)cc4[nH]ccc4c3CN=[N+]=[N-])ccc2F)n1. The van der Waals surface area contributed by atoms with Crippen molar-refractivity contribution < 1.29 is 18.3 Å². The first kappa shape index (κ1) is 30.8. The first-order chi connectivity index (χ1) is 21.2. The molecule has 1 atom stereocenters. The van der Waals surface area contributed by atoms with Gasteiger partial charge in [-0.1, -0.05) is 39.1 Å². The third-order valence-electron chi connectivity index (χ3n) is 7.14. The summed E-state index contributed by atoms with van der Waals surface area (Å²) in [7, 11) is 0. The maximum atomic E-state index is 15.2. The van der Waals surface area contributed by atoms with Crippen molar-refractivity contribution in [3.05, 3.63) is 111 Å². The van der Waals surface area contributed by atoms with Crippen molar-refractivity contribution in [2.75, 3.05) is 13.2 Å². The van der Waals surface area contributed by atoms with Gasteiger partial charge >= 0.3 is 0 Å². The predicted octanol–water partition coefficient (Wildman–Crippen LogP) is 9.33. The number of benzene rings is 3. The van der Waals surface area contributed by atoms with Crippen molar-refractivity contribution >= 4 is 26.8 Å². The van der Waals surface area contributed by atoms with Gasteiger partial charge < -0.3 is 14.5 Å². The molecule has 224 valence electrons. The lowest BCUT2D eigenvalue weighted by Gasteiger charge is -2.21. The summed E-state index contributed by atoms with van der Waals surface area (Å²) in [5.41, 5.74) is 11.0. The van der Waals surface area contributed by atoms with E-state index >= 15 is 8.78 Å². The summed E-state index contributed by atoms with van der Waals surface area (Å²) in [5.74, 6) is 1.66. The molecule has 1 N–H and O–H groups in total. The van der Waals surface area contributed by atoms with Gasteiger partial charge in [-0.25, -0.2) is 8.78 Å². The van der Waals surface area contributed by atoms with Gasteiger partial charge in [-0.15, -0.1) is 6.42 Å². The van der Waals surface area contributed by atoms with Gasteiger partial charge in [-0.05, 0) is 73.8 Å². The van der Waals surface area contributed by atoms with E-state index in [0.717, 1.165) is 10.0 Å². The van der Waals surface area contributed by atoms with Gasteiger partial charge in [-0.3, -0.25) is 4.68 Å². The van der Waals surface area contributed by atoms with Gasteiger partial charge in [0.15, 0.2) is 11.6 Å². The Morgan fingerprint density at radius 3 is 2.77 bits per heavy atom. The Bertz CT molecular complexity index is 1890. The Hall–Kier alpha value is -4.62. The number of ether oxygens (including phenoxy) is 2. The van der Waals surface area contributed by atoms with Gasteiger partial charge in [0.2, 0.25) is 0 Å². The molecule has 0 spiro atoms. The molecular formula is C33H29BrF2N6O2. The van der Waals surface area contributed by atoms with Crippen molar-refractivity contribution in [1.82, 2.24) is 14.8 Å². The molecule has 0 radical (unpaired) electrons. The molecule has 0 saturated carbocycles. The zero-order chi connectivity index (χ0) is 31.3. The molecule has 3 aromatic carbocycles. The number of hydrogen-bond acceptors (Lipinski definition) is 4. The van der Waals surface area contributed by atoms with Gasteiger partial charge in [0, 0.05) is 61.9 Å². The summed E-state index contributed by atoms with van der Waals surface area (Å²) < 4.78 is 44.9. The topological polar surface area (TPSA) is 101 Å². The summed E-state index contributed by atoms with van der Waals surface area (Å²) in [6.07, 6.45) is 9.64.